The maximum Gasteiger partial charge on any atom is 0.322 e. The van der Waals surface area contributed by atoms with E-state index in [9.17, 15) is 4.79 Å². The first-order valence-electron chi connectivity index (χ1n) is 7.05. The molecule has 0 saturated heterocycles. The standard InChI is InChI=1S/C13H28N4O2/c1-2-3-4-5-6-10-19-12(18)11(14)8-7-9-17-13(15)16/h11H,2-10,14H2,1H3,(H4,15,16,17)/t11-/m0/s1. The molecular weight excluding hydrogens is 244 g/mol. The zero-order valence-electron chi connectivity index (χ0n) is 11.9. The second-order valence-corrected chi connectivity index (χ2v) is 4.64. The Hall–Kier alpha value is -1.30. The molecule has 0 heterocycles. The van der Waals surface area contributed by atoms with Crippen molar-refractivity contribution in [1.29, 1.82) is 0 Å². The molecule has 0 aromatic heterocycles. The number of carbonyl (C=O) groups excluding carboxylic acids is 1. The fourth-order valence-electron chi connectivity index (χ4n) is 1.62. The van der Waals surface area contributed by atoms with E-state index in [4.69, 9.17) is 21.9 Å². The van der Waals surface area contributed by atoms with Gasteiger partial charge in [-0.1, -0.05) is 32.6 Å². The maximum absolute atomic E-state index is 11.5. The van der Waals surface area contributed by atoms with E-state index in [1.807, 2.05) is 0 Å². The van der Waals surface area contributed by atoms with Crippen molar-refractivity contribution < 1.29 is 9.53 Å². The van der Waals surface area contributed by atoms with Crippen LogP contribution in [0.5, 0.6) is 0 Å². The van der Waals surface area contributed by atoms with Crippen molar-refractivity contribution in [3.8, 4) is 0 Å². The van der Waals surface area contributed by atoms with E-state index >= 15 is 0 Å². The number of nitrogens with two attached hydrogens (primary N) is 3. The van der Waals surface area contributed by atoms with Crippen LogP contribution < -0.4 is 17.2 Å². The molecule has 1 atom stereocenters. The van der Waals surface area contributed by atoms with E-state index in [0.717, 1.165) is 12.8 Å². The molecule has 0 aromatic carbocycles. The normalized spacial score (nSPS) is 11.9. The van der Waals surface area contributed by atoms with Crippen LogP contribution in [-0.2, 0) is 9.53 Å². The van der Waals surface area contributed by atoms with Gasteiger partial charge in [0.25, 0.3) is 0 Å². The third-order valence-electron chi connectivity index (χ3n) is 2.76. The van der Waals surface area contributed by atoms with Crippen molar-refractivity contribution in [3.05, 3.63) is 0 Å². The molecule has 0 fully saturated rings. The molecule has 0 aliphatic heterocycles. The first-order chi connectivity index (χ1) is 9.07. The molecule has 0 rings (SSSR count). The highest BCUT2D eigenvalue weighted by Gasteiger charge is 2.13. The van der Waals surface area contributed by atoms with E-state index < -0.39 is 6.04 Å². The van der Waals surface area contributed by atoms with Crippen LogP contribution in [0, 0.1) is 0 Å². The third kappa shape index (κ3) is 11.5. The summed E-state index contributed by atoms with van der Waals surface area (Å²) in [6.45, 7) is 3.12. The van der Waals surface area contributed by atoms with Crippen LogP contribution in [0.2, 0.25) is 0 Å². The average Bonchev–Trinajstić information content (AvgIpc) is 2.38. The first-order valence-corrected chi connectivity index (χ1v) is 7.05. The summed E-state index contributed by atoms with van der Waals surface area (Å²) in [5.74, 6) is -0.275. The Morgan fingerprint density at radius 1 is 1.16 bits per heavy atom. The highest BCUT2D eigenvalue weighted by Crippen LogP contribution is 2.03. The maximum atomic E-state index is 11.5. The molecule has 112 valence electrons. The Bertz CT molecular complexity index is 265. The van der Waals surface area contributed by atoms with Gasteiger partial charge in [-0.25, -0.2) is 0 Å². The number of guanidine groups is 1. The summed E-state index contributed by atoms with van der Waals surface area (Å²) in [6, 6.07) is -0.579. The number of nitrogens with zero attached hydrogens (tertiary/aromatic N) is 1. The molecule has 6 N–H and O–H groups in total. The monoisotopic (exact) mass is 272 g/mol. The minimum atomic E-state index is -0.579. The topological polar surface area (TPSA) is 117 Å². The van der Waals surface area contributed by atoms with Crippen LogP contribution in [-0.4, -0.2) is 31.1 Å². The van der Waals surface area contributed by atoms with Gasteiger partial charge in [-0.15, -0.1) is 0 Å². The smallest absolute Gasteiger partial charge is 0.322 e. The van der Waals surface area contributed by atoms with Crippen LogP contribution in [0.15, 0.2) is 4.99 Å². The van der Waals surface area contributed by atoms with Crippen molar-refractivity contribution in [2.24, 2.45) is 22.2 Å². The van der Waals surface area contributed by atoms with Crippen molar-refractivity contribution >= 4 is 11.9 Å². The lowest BCUT2D eigenvalue weighted by Crippen LogP contribution is -2.32. The van der Waals surface area contributed by atoms with Gasteiger partial charge in [-0.3, -0.25) is 9.79 Å². The fraction of sp³-hybridized carbons (Fsp3) is 0.846. The first kappa shape index (κ1) is 17.7. The second kappa shape index (κ2) is 11.8. The van der Waals surface area contributed by atoms with Gasteiger partial charge >= 0.3 is 5.97 Å². The molecule has 0 unspecified atom stereocenters. The van der Waals surface area contributed by atoms with Gasteiger partial charge in [0.2, 0.25) is 0 Å². The number of esters is 1. The van der Waals surface area contributed by atoms with Crippen molar-refractivity contribution in [2.75, 3.05) is 13.2 Å². The number of aliphatic imine (C=N–C) groups is 1. The SMILES string of the molecule is CCCCCCCOC(=O)[C@@H](N)CCCN=C(N)N. The molecule has 6 nitrogen and oxygen atoms in total. The minimum absolute atomic E-state index is 0.0585. The molecule has 0 amide bonds. The summed E-state index contributed by atoms with van der Waals surface area (Å²) in [7, 11) is 0. The third-order valence-corrected chi connectivity index (χ3v) is 2.76. The Morgan fingerprint density at radius 3 is 2.47 bits per heavy atom. The Labute approximate surface area is 115 Å². The van der Waals surface area contributed by atoms with Crippen molar-refractivity contribution in [2.45, 2.75) is 57.9 Å². The van der Waals surface area contributed by atoms with Crippen LogP contribution >= 0.6 is 0 Å². The number of rotatable bonds is 11. The van der Waals surface area contributed by atoms with Gasteiger partial charge in [0, 0.05) is 6.54 Å². The summed E-state index contributed by atoms with van der Waals surface area (Å²) in [4.78, 5) is 15.4. The van der Waals surface area contributed by atoms with Crippen molar-refractivity contribution in [1.82, 2.24) is 0 Å². The van der Waals surface area contributed by atoms with Crippen LogP contribution in [0.4, 0.5) is 0 Å². The number of hydrogen-bond donors (Lipinski definition) is 3. The van der Waals surface area contributed by atoms with Gasteiger partial charge in [0.15, 0.2) is 5.96 Å². The molecule has 0 aliphatic carbocycles. The van der Waals surface area contributed by atoms with E-state index in [-0.39, 0.29) is 11.9 Å². The fourth-order valence-corrected chi connectivity index (χ4v) is 1.62. The lowest BCUT2D eigenvalue weighted by molar-refractivity contribution is -0.145. The molecule has 0 radical (unpaired) electrons. The Balaban J connectivity index is 3.51. The van der Waals surface area contributed by atoms with E-state index in [0.29, 0.717) is 26.0 Å². The predicted octanol–water partition coefficient (Wildman–Crippen LogP) is 0.881. The molecule has 0 bridgehead atoms. The van der Waals surface area contributed by atoms with E-state index in [2.05, 4.69) is 11.9 Å². The van der Waals surface area contributed by atoms with Crippen LogP contribution in [0.3, 0.4) is 0 Å². The van der Waals surface area contributed by atoms with E-state index in [1.165, 1.54) is 19.3 Å². The van der Waals surface area contributed by atoms with Crippen LogP contribution in [0.1, 0.15) is 51.9 Å². The van der Waals surface area contributed by atoms with Crippen LogP contribution in [0.25, 0.3) is 0 Å². The van der Waals surface area contributed by atoms with Crippen molar-refractivity contribution in [3.63, 3.8) is 0 Å². The zero-order chi connectivity index (χ0) is 14.5. The quantitative estimate of drug-likeness (QED) is 0.223. The number of hydrogen-bond acceptors (Lipinski definition) is 4. The van der Waals surface area contributed by atoms with Gasteiger partial charge in [0.05, 0.1) is 6.61 Å². The summed E-state index contributed by atoms with van der Waals surface area (Å²) in [6.07, 6.45) is 6.85. The Morgan fingerprint density at radius 2 is 1.84 bits per heavy atom. The van der Waals surface area contributed by atoms with E-state index in [1.54, 1.807) is 0 Å². The van der Waals surface area contributed by atoms with Gasteiger partial charge < -0.3 is 21.9 Å². The molecule has 0 spiro atoms. The molecule has 0 aromatic rings. The summed E-state index contributed by atoms with van der Waals surface area (Å²) in [5.41, 5.74) is 16.1. The number of carbonyl (C=O) groups is 1. The van der Waals surface area contributed by atoms with Gasteiger partial charge in [-0.05, 0) is 19.3 Å². The lowest BCUT2D eigenvalue weighted by atomic mass is 10.1. The lowest BCUT2D eigenvalue weighted by Gasteiger charge is -2.10. The summed E-state index contributed by atoms with van der Waals surface area (Å²) < 4.78 is 5.11. The highest BCUT2D eigenvalue weighted by molar-refractivity contribution is 5.76. The number of unbranched alkanes of at least 4 members (excludes halogenated alkanes) is 4. The number of ether oxygens (including phenoxy) is 1. The predicted molar refractivity (Wildman–Crippen MR) is 77.6 cm³/mol. The Kier molecular flexibility index (Phi) is 11.0. The summed E-state index contributed by atoms with van der Waals surface area (Å²) >= 11 is 0. The zero-order valence-corrected chi connectivity index (χ0v) is 11.9. The summed E-state index contributed by atoms with van der Waals surface area (Å²) in [5, 5.41) is 0. The minimum Gasteiger partial charge on any atom is -0.465 e. The van der Waals surface area contributed by atoms with Gasteiger partial charge in [0.1, 0.15) is 6.04 Å². The second-order valence-electron chi connectivity index (χ2n) is 4.64. The molecular formula is C13H28N4O2. The molecule has 0 saturated carbocycles. The molecule has 0 aliphatic rings. The molecule has 6 heteroatoms. The largest absolute Gasteiger partial charge is 0.465 e. The van der Waals surface area contributed by atoms with Gasteiger partial charge in [-0.2, -0.15) is 0 Å². The highest BCUT2D eigenvalue weighted by atomic mass is 16.5. The molecule has 19 heavy (non-hydrogen) atoms. The average molecular weight is 272 g/mol.